The second-order valence-electron chi connectivity index (χ2n) is 5.23. The van der Waals surface area contributed by atoms with Crippen LogP contribution in [0, 0.1) is 10.1 Å². The summed E-state index contributed by atoms with van der Waals surface area (Å²) in [5, 5.41) is 13.2. The summed E-state index contributed by atoms with van der Waals surface area (Å²) in [6, 6.07) is 3.91. The van der Waals surface area contributed by atoms with Gasteiger partial charge in [0.1, 0.15) is 11.4 Å². The highest BCUT2D eigenvalue weighted by Gasteiger charge is 2.20. The first-order chi connectivity index (χ1) is 9.64. The highest BCUT2D eigenvalue weighted by molar-refractivity contribution is 6.09. The Labute approximate surface area is 122 Å². The molecule has 1 aromatic carbocycles. The van der Waals surface area contributed by atoms with Crippen LogP contribution in [0.25, 0.3) is 0 Å². The number of benzene rings is 1. The number of non-ortho nitro benzene ring substituents is 1. The largest absolute Gasteiger partial charge is 0.444 e. The normalized spacial score (nSPS) is 11.9. The molecule has 0 aliphatic rings. The van der Waals surface area contributed by atoms with E-state index in [1.165, 1.54) is 25.2 Å². The number of alkyl carbamates (subject to hydrolysis) is 1. The molecule has 1 rings (SSSR count). The Morgan fingerprint density at radius 2 is 2.05 bits per heavy atom. The van der Waals surface area contributed by atoms with E-state index in [1.807, 2.05) is 0 Å². The number of ether oxygens (including phenoxy) is 1. The van der Waals surface area contributed by atoms with Gasteiger partial charge in [0.2, 0.25) is 0 Å². The van der Waals surface area contributed by atoms with E-state index in [0.29, 0.717) is 0 Å². The van der Waals surface area contributed by atoms with Gasteiger partial charge in [-0.3, -0.25) is 20.4 Å². The lowest BCUT2D eigenvalue weighted by atomic mass is 10.1. The zero-order chi connectivity index (χ0) is 16.2. The Hall–Kier alpha value is -2.64. The third kappa shape index (κ3) is 4.75. The maximum Gasteiger partial charge on any atom is 0.413 e. The zero-order valence-corrected chi connectivity index (χ0v) is 12.3. The third-order valence-electron chi connectivity index (χ3n) is 2.35. The Bertz CT molecular complexity index is 590. The summed E-state index contributed by atoms with van der Waals surface area (Å²) in [7, 11) is 1.44. The number of nitrogen functional groups attached to an aromatic ring is 1. The predicted molar refractivity (Wildman–Crippen MR) is 79.3 cm³/mol. The first-order valence-corrected chi connectivity index (χ1v) is 6.15. The van der Waals surface area contributed by atoms with E-state index in [4.69, 9.17) is 10.5 Å². The number of hydrogen-bond acceptors (Lipinski definition) is 6. The van der Waals surface area contributed by atoms with E-state index < -0.39 is 16.6 Å². The molecule has 8 heteroatoms. The average Bonchev–Trinajstić information content (AvgIpc) is 2.34. The summed E-state index contributed by atoms with van der Waals surface area (Å²) < 4.78 is 5.10. The molecular formula is C13H18N4O4. The standard InChI is InChI=1S/C13H18N4O4/c1-13(2,3)21-12(18)16-11(15-4)9-7-8(17(19)20)5-6-10(9)14/h5-7H,14H2,1-4H3,(H,15,16,18). The number of nitro groups is 1. The molecular weight excluding hydrogens is 276 g/mol. The number of nitrogens with two attached hydrogens (primary N) is 1. The number of nitrogens with zero attached hydrogens (tertiary/aromatic N) is 2. The van der Waals surface area contributed by atoms with E-state index in [2.05, 4.69) is 10.3 Å². The van der Waals surface area contributed by atoms with Gasteiger partial charge in [0.25, 0.3) is 5.69 Å². The van der Waals surface area contributed by atoms with Crippen LogP contribution >= 0.6 is 0 Å². The molecule has 0 aliphatic heterocycles. The van der Waals surface area contributed by atoms with Crippen molar-refractivity contribution in [3.05, 3.63) is 33.9 Å². The summed E-state index contributed by atoms with van der Waals surface area (Å²) >= 11 is 0. The monoisotopic (exact) mass is 294 g/mol. The topological polar surface area (TPSA) is 120 Å². The molecule has 0 aromatic heterocycles. The molecule has 0 heterocycles. The number of anilines is 1. The van der Waals surface area contributed by atoms with Crippen LogP contribution in [0.5, 0.6) is 0 Å². The summed E-state index contributed by atoms with van der Waals surface area (Å²) in [4.78, 5) is 25.9. The number of amides is 1. The molecule has 0 bridgehead atoms. The van der Waals surface area contributed by atoms with Gasteiger partial charge in [-0.2, -0.15) is 0 Å². The third-order valence-corrected chi connectivity index (χ3v) is 2.35. The van der Waals surface area contributed by atoms with Crippen molar-refractivity contribution >= 4 is 23.3 Å². The second kappa shape index (κ2) is 6.21. The van der Waals surface area contributed by atoms with Gasteiger partial charge in [0.05, 0.1) is 4.92 Å². The molecule has 0 atom stereocenters. The second-order valence-corrected chi connectivity index (χ2v) is 5.23. The Kier molecular flexibility index (Phi) is 4.85. The van der Waals surface area contributed by atoms with Crippen molar-refractivity contribution in [1.29, 1.82) is 0 Å². The lowest BCUT2D eigenvalue weighted by Gasteiger charge is -2.20. The highest BCUT2D eigenvalue weighted by atomic mass is 16.6. The molecule has 0 unspecified atom stereocenters. The minimum atomic E-state index is -0.714. The van der Waals surface area contributed by atoms with E-state index in [9.17, 15) is 14.9 Å². The summed E-state index contributed by atoms with van der Waals surface area (Å²) in [6.45, 7) is 5.16. The fourth-order valence-electron chi connectivity index (χ4n) is 1.51. The number of nitro benzene ring substituents is 1. The summed E-state index contributed by atoms with van der Waals surface area (Å²) in [5.41, 5.74) is 5.48. The van der Waals surface area contributed by atoms with Gasteiger partial charge in [-0.1, -0.05) is 0 Å². The number of rotatable bonds is 2. The molecule has 114 valence electrons. The van der Waals surface area contributed by atoms with Gasteiger partial charge in [-0.15, -0.1) is 0 Å². The molecule has 0 fully saturated rings. The van der Waals surface area contributed by atoms with Crippen molar-refractivity contribution in [3.63, 3.8) is 0 Å². The summed E-state index contributed by atoms with van der Waals surface area (Å²) in [6.07, 6.45) is -0.714. The minimum Gasteiger partial charge on any atom is -0.444 e. The smallest absolute Gasteiger partial charge is 0.413 e. The number of amidine groups is 1. The fourth-order valence-corrected chi connectivity index (χ4v) is 1.51. The van der Waals surface area contributed by atoms with E-state index >= 15 is 0 Å². The fraction of sp³-hybridized carbons (Fsp3) is 0.385. The van der Waals surface area contributed by atoms with Gasteiger partial charge in [0, 0.05) is 30.4 Å². The Morgan fingerprint density at radius 1 is 1.43 bits per heavy atom. The van der Waals surface area contributed by atoms with Crippen molar-refractivity contribution in [2.45, 2.75) is 26.4 Å². The minimum absolute atomic E-state index is 0.102. The first kappa shape index (κ1) is 16.4. The maximum absolute atomic E-state index is 11.7. The van der Waals surface area contributed by atoms with E-state index in [0.717, 1.165) is 0 Å². The van der Waals surface area contributed by atoms with Crippen LogP contribution in [0.1, 0.15) is 26.3 Å². The van der Waals surface area contributed by atoms with Crippen LogP contribution in [0.3, 0.4) is 0 Å². The Balaban J connectivity index is 3.04. The quantitative estimate of drug-likeness (QED) is 0.284. The van der Waals surface area contributed by atoms with E-state index in [1.54, 1.807) is 20.8 Å². The molecule has 1 aromatic rings. The number of carbonyl (C=O) groups is 1. The molecule has 3 N–H and O–H groups in total. The molecule has 0 radical (unpaired) electrons. The SMILES string of the molecule is CN=C(NC(=O)OC(C)(C)C)c1cc([N+](=O)[O-])ccc1N. The lowest BCUT2D eigenvalue weighted by Crippen LogP contribution is -2.37. The molecule has 21 heavy (non-hydrogen) atoms. The molecule has 1 amide bonds. The van der Waals surface area contributed by atoms with Crippen LogP contribution in [-0.4, -0.2) is 29.5 Å². The Morgan fingerprint density at radius 3 is 2.52 bits per heavy atom. The van der Waals surface area contributed by atoms with Crippen LogP contribution in [0.15, 0.2) is 23.2 Å². The van der Waals surface area contributed by atoms with Gasteiger partial charge in [-0.25, -0.2) is 4.79 Å². The van der Waals surface area contributed by atoms with Crippen molar-refractivity contribution in [3.8, 4) is 0 Å². The van der Waals surface area contributed by atoms with Gasteiger partial charge >= 0.3 is 6.09 Å². The van der Waals surface area contributed by atoms with Crippen molar-refractivity contribution in [1.82, 2.24) is 5.32 Å². The van der Waals surface area contributed by atoms with Crippen LogP contribution in [-0.2, 0) is 4.74 Å². The highest BCUT2D eigenvalue weighted by Crippen LogP contribution is 2.20. The predicted octanol–water partition coefficient (Wildman–Crippen LogP) is 2.08. The number of hydrogen-bond donors (Lipinski definition) is 2. The van der Waals surface area contributed by atoms with Crippen molar-refractivity contribution in [2.24, 2.45) is 4.99 Å². The van der Waals surface area contributed by atoms with Crippen molar-refractivity contribution in [2.75, 3.05) is 12.8 Å². The van der Waals surface area contributed by atoms with Crippen LogP contribution in [0.4, 0.5) is 16.2 Å². The zero-order valence-electron chi connectivity index (χ0n) is 12.3. The molecule has 0 saturated carbocycles. The molecule has 8 nitrogen and oxygen atoms in total. The van der Waals surface area contributed by atoms with Gasteiger partial charge in [0.15, 0.2) is 0 Å². The number of carbonyl (C=O) groups excluding carboxylic acids is 1. The van der Waals surface area contributed by atoms with Gasteiger partial charge in [-0.05, 0) is 26.8 Å². The maximum atomic E-state index is 11.7. The van der Waals surface area contributed by atoms with Crippen LogP contribution in [0.2, 0.25) is 0 Å². The molecule has 0 saturated heterocycles. The first-order valence-electron chi connectivity index (χ1n) is 6.15. The average molecular weight is 294 g/mol. The van der Waals surface area contributed by atoms with Crippen LogP contribution < -0.4 is 11.1 Å². The molecule has 0 spiro atoms. The van der Waals surface area contributed by atoms with E-state index in [-0.39, 0.29) is 22.8 Å². The molecule has 0 aliphatic carbocycles. The summed E-state index contributed by atoms with van der Waals surface area (Å²) in [5.74, 6) is 0.102. The number of nitrogens with one attached hydrogen (secondary N) is 1. The lowest BCUT2D eigenvalue weighted by molar-refractivity contribution is -0.384. The van der Waals surface area contributed by atoms with Gasteiger partial charge < -0.3 is 10.5 Å². The number of aliphatic imine (C=N–C) groups is 1. The van der Waals surface area contributed by atoms with Crippen molar-refractivity contribution < 1.29 is 14.5 Å².